The second-order valence-corrected chi connectivity index (χ2v) is 5.73. The number of hydrogen-bond donors (Lipinski definition) is 0. The zero-order chi connectivity index (χ0) is 13.9. The van der Waals surface area contributed by atoms with Crippen LogP contribution in [0.25, 0.3) is 0 Å². The molecule has 0 bridgehead atoms. The molecule has 1 aliphatic heterocycles. The molecule has 20 heavy (non-hydrogen) atoms. The van der Waals surface area contributed by atoms with Crippen molar-refractivity contribution in [2.24, 2.45) is 0 Å². The molecule has 0 radical (unpaired) electrons. The summed E-state index contributed by atoms with van der Waals surface area (Å²) in [5.41, 5.74) is 3.36. The molecule has 2 aromatic carbocycles. The molecule has 104 valence electrons. The Kier molecular flexibility index (Phi) is 3.83. The first kappa shape index (κ1) is 13.3. The van der Waals surface area contributed by atoms with Crippen molar-refractivity contribution in [2.75, 3.05) is 13.1 Å². The summed E-state index contributed by atoms with van der Waals surface area (Å²) < 4.78 is 14.0. The number of benzene rings is 2. The van der Waals surface area contributed by atoms with Crippen LogP contribution in [0.4, 0.5) is 4.39 Å². The largest absolute Gasteiger partial charge is 0.298 e. The van der Waals surface area contributed by atoms with E-state index in [0.717, 1.165) is 37.2 Å². The maximum atomic E-state index is 14.0. The number of likely N-dealkylation sites (tertiary alicyclic amines) is 1. The van der Waals surface area contributed by atoms with Gasteiger partial charge in [0.2, 0.25) is 0 Å². The minimum Gasteiger partial charge on any atom is -0.298 e. The van der Waals surface area contributed by atoms with Crippen LogP contribution in [0, 0.1) is 12.7 Å². The zero-order valence-electron chi connectivity index (χ0n) is 11.8. The summed E-state index contributed by atoms with van der Waals surface area (Å²) in [5, 5.41) is 0. The van der Waals surface area contributed by atoms with Crippen molar-refractivity contribution in [3.8, 4) is 0 Å². The van der Waals surface area contributed by atoms with Crippen LogP contribution >= 0.6 is 0 Å². The van der Waals surface area contributed by atoms with E-state index >= 15 is 0 Å². The van der Waals surface area contributed by atoms with E-state index in [9.17, 15) is 4.39 Å². The summed E-state index contributed by atoms with van der Waals surface area (Å²) in [6, 6.07) is 15.9. The molecule has 3 rings (SSSR count). The lowest BCUT2D eigenvalue weighted by Gasteiger charge is -2.17. The first-order valence-electron chi connectivity index (χ1n) is 7.25. The Bertz CT molecular complexity index is 579. The molecule has 1 aliphatic rings. The van der Waals surface area contributed by atoms with Gasteiger partial charge in [-0.25, -0.2) is 4.39 Å². The maximum Gasteiger partial charge on any atom is 0.126 e. The van der Waals surface area contributed by atoms with Crippen molar-refractivity contribution < 1.29 is 4.39 Å². The Morgan fingerprint density at radius 2 is 1.95 bits per heavy atom. The third kappa shape index (κ3) is 2.91. The first-order chi connectivity index (χ1) is 9.72. The molecule has 1 saturated heterocycles. The Balaban J connectivity index is 1.69. The number of nitrogens with zero attached hydrogens (tertiary/aromatic N) is 1. The van der Waals surface area contributed by atoms with Gasteiger partial charge < -0.3 is 0 Å². The fraction of sp³-hybridized carbons (Fsp3) is 0.333. The molecule has 0 saturated carbocycles. The molecule has 0 aliphatic carbocycles. The van der Waals surface area contributed by atoms with Gasteiger partial charge >= 0.3 is 0 Å². The average Bonchev–Trinajstić information content (AvgIpc) is 2.91. The molecule has 0 spiro atoms. The maximum absolute atomic E-state index is 14.0. The minimum atomic E-state index is -0.0536. The Morgan fingerprint density at radius 3 is 2.75 bits per heavy atom. The lowest BCUT2D eigenvalue weighted by Crippen LogP contribution is -2.19. The highest BCUT2D eigenvalue weighted by Crippen LogP contribution is 2.30. The molecule has 2 heteroatoms. The molecule has 1 nitrogen and oxygen atoms in total. The predicted molar refractivity (Wildman–Crippen MR) is 80.2 cm³/mol. The molecule has 1 atom stereocenters. The van der Waals surface area contributed by atoms with Crippen molar-refractivity contribution in [3.05, 3.63) is 71.0 Å². The van der Waals surface area contributed by atoms with E-state index in [1.165, 1.54) is 5.56 Å². The SMILES string of the molecule is Cc1ccc(F)c([C@@H]2CCN(Cc3ccccc3)C2)c1. The fourth-order valence-corrected chi connectivity index (χ4v) is 3.05. The van der Waals surface area contributed by atoms with Crippen molar-refractivity contribution in [1.29, 1.82) is 0 Å². The fourth-order valence-electron chi connectivity index (χ4n) is 3.05. The average molecular weight is 269 g/mol. The third-order valence-electron chi connectivity index (χ3n) is 4.11. The highest BCUT2D eigenvalue weighted by molar-refractivity contribution is 5.28. The van der Waals surface area contributed by atoms with Crippen molar-refractivity contribution in [2.45, 2.75) is 25.8 Å². The van der Waals surface area contributed by atoms with Crippen LogP contribution in [-0.2, 0) is 6.54 Å². The normalized spacial score (nSPS) is 19.4. The second kappa shape index (κ2) is 5.76. The molecule has 0 aromatic heterocycles. The van der Waals surface area contributed by atoms with Gasteiger partial charge in [0.25, 0.3) is 0 Å². The molecule has 0 N–H and O–H groups in total. The monoisotopic (exact) mass is 269 g/mol. The van der Waals surface area contributed by atoms with Gasteiger partial charge in [0.15, 0.2) is 0 Å². The minimum absolute atomic E-state index is 0.0536. The van der Waals surface area contributed by atoms with E-state index in [1.807, 2.05) is 25.1 Å². The summed E-state index contributed by atoms with van der Waals surface area (Å²) >= 11 is 0. The summed E-state index contributed by atoms with van der Waals surface area (Å²) in [4.78, 5) is 2.42. The molecular formula is C18H20FN. The van der Waals surface area contributed by atoms with E-state index < -0.39 is 0 Å². The lowest BCUT2D eigenvalue weighted by molar-refractivity contribution is 0.326. The van der Waals surface area contributed by atoms with E-state index in [2.05, 4.69) is 29.2 Å². The van der Waals surface area contributed by atoms with Gasteiger partial charge in [-0.3, -0.25) is 4.90 Å². The van der Waals surface area contributed by atoms with Crippen LogP contribution in [-0.4, -0.2) is 18.0 Å². The molecular weight excluding hydrogens is 249 g/mol. The van der Waals surface area contributed by atoms with Crippen LogP contribution in [0.2, 0.25) is 0 Å². The van der Waals surface area contributed by atoms with Crippen LogP contribution in [0.1, 0.15) is 29.0 Å². The van der Waals surface area contributed by atoms with E-state index in [4.69, 9.17) is 0 Å². The molecule has 0 unspecified atom stereocenters. The number of halogens is 1. The summed E-state index contributed by atoms with van der Waals surface area (Å²) in [7, 11) is 0. The van der Waals surface area contributed by atoms with Crippen molar-refractivity contribution in [1.82, 2.24) is 4.90 Å². The zero-order valence-corrected chi connectivity index (χ0v) is 11.8. The lowest BCUT2D eigenvalue weighted by atomic mass is 9.96. The topological polar surface area (TPSA) is 3.24 Å². The third-order valence-corrected chi connectivity index (χ3v) is 4.11. The molecule has 0 amide bonds. The van der Waals surface area contributed by atoms with Crippen molar-refractivity contribution >= 4 is 0 Å². The smallest absolute Gasteiger partial charge is 0.126 e. The van der Waals surface area contributed by atoms with Crippen molar-refractivity contribution in [3.63, 3.8) is 0 Å². The second-order valence-electron chi connectivity index (χ2n) is 5.73. The van der Waals surface area contributed by atoms with E-state index in [0.29, 0.717) is 5.92 Å². The van der Waals surface area contributed by atoms with Gasteiger partial charge in [-0.05, 0) is 37.1 Å². The Labute approximate surface area is 120 Å². The van der Waals surface area contributed by atoms with Crippen LogP contribution in [0.5, 0.6) is 0 Å². The first-order valence-corrected chi connectivity index (χ1v) is 7.25. The van der Waals surface area contributed by atoms with E-state index in [1.54, 1.807) is 6.07 Å². The van der Waals surface area contributed by atoms with Gasteiger partial charge in [-0.1, -0.05) is 48.0 Å². The molecule has 1 fully saturated rings. The Morgan fingerprint density at radius 1 is 1.15 bits per heavy atom. The number of hydrogen-bond acceptors (Lipinski definition) is 1. The molecule has 1 heterocycles. The standard InChI is InChI=1S/C18H20FN/c1-14-7-8-18(19)17(11-14)16-9-10-20(13-16)12-15-5-3-2-4-6-15/h2-8,11,16H,9-10,12-13H2,1H3/t16-/m1/s1. The van der Waals surface area contributed by atoms with Gasteiger partial charge in [0.1, 0.15) is 5.82 Å². The van der Waals surface area contributed by atoms with Gasteiger partial charge in [0, 0.05) is 19.0 Å². The van der Waals surface area contributed by atoms with Gasteiger partial charge in [-0.15, -0.1) is 0 Å². The number of aryl methyl sites for hydroxylation is 1. The summed E-state index contributed by atoms with van der Waals surface area (Å²) in [6.07, 6.45) is 1.05. The summed E-state index contributed by atoms with van der Waals surface area (Å²) in [6.45, 7) is 4.99. The van der Waals surface area contributed by atoms with Gasteiger partial charge in [-0.2, -0.15) is 0 Å². The highest BCUT2D eigenvalue weighted by Gasteiger charge is 2.25. The highest BCUT2D eigenvalue weighted by atomic mass is 19.1. The van der Waals surface area contributed by atoms with Gasteiger partial charge in [0.05, 0.1) is 0 Å². The summed E-state index contributed by atoms with van der Waals surface area (Å²) in [5.74, 6) is 0.278. The van der Waals surface area contributed by atoms with Crippen LogP contribution < -0.4 is 0 Å². The quantitative estimate of drug-likeness (QED) is 0.810. The predicted octanol–water partition coefficient (Wildman–Crippen LogP) is 4.12. The van der Waals surface area contributed by atoms with Crippen LogP contribution in [0.15, 0.2) is 48.5 Å². The number of rotatable bonds is 3. The van der Waals surface area contributed by atoms with E-state index in [-0.39, 0.29) is 5.82 Å². The Hall–Kier alpha value is -1.67. The molecule has 2 aromatic rings. The van der Waals surface area contributed by atoms with Crippen LogP contribution in [0.3, 0.4) is 0 Å².